The van der Waals surface area contributed by atoms with Crippen LogP contribution < -0.4 is 0 Å². The fraction of sp³-hybridized carbons (Fsp3) is 0.200. The van der Waals surface area contributed by atoms with Crippen LogP contribution in [0.5, 0.6) is 0 Å². The maximum absolute atomic E-state index is 5.97. The third-order valence-corrected chi connectivity index (χ3v) is 5.89. The van der Waals surface area contributed by atoms with Gasteiger partial charge in [-0.05, 0) is 49.2 Å². The summed E-state index contributed by atoms with van der Waals surface area (Å²) in [5.74, 6) is 0. The van der Waals surface area contributed by atoms with Crippen molar-refractivity contribution >= 4 is 42.4 Å². The number of halogens is 2. The lowest BCUT2D eigenvalue weighted by atomic mass is 9.88. The number of hydrogen-bond acceptors (Lipinski definition) is 1. The molecule has 0 heterocycles. The summed E-state index contributed by atoms with van der Waals surface area (Å²) in [5.41, 5.74) is 2.39. The fourth-order valence-corrected chi connectivity index (χ4v) is 4.11. The average Bonchev–Trinajstić information content (AvgIpc) is 2.44. The topological polar surface area (TPSA) is 0 Å². The maximum atomic E-state index is 5.97. The maximum Gasteiger partial charge on any atom is 0.0720 e. The molecule has 0 aliphatic rings. The molecule has 0 unspecified atom stereocenters. The molecule has 2 rings (SSSR count). The van der Waals surface area contributed by atoms with E-state index in [4.69, 9.17) is 35.0 Å². The van der Waals surface area contributed by atoms with Crippen molar-refractivity contribution in [1.82, 2.24) is 0 Å². The van der Waals surface area contributed by atoms with Gasteiger partial charge in [0, 0.05) is 10.0 Å². The van der Waals surface area contributed by atoms with Crippen LogP contribution in [0.3, 0.4) is 0 Å². The van der Waals surface area contributed by atoms with Crippen molar-refractivity contribution in [3.63, 3.8) is 0 Å². The summed E-state index contributed by atoms with van der Waals surface area (Å²) >= 11 is 17.4. The molecule has 2 aromatic rings. The molecule has 19 heavy (non-hydrogen) atoms. The van der Waals surface area contributed by atoms with Gasteiger partial charge in [-0.2, -0.15) is 0 Å². The third-order valence-electron chi connectivity index (χ3n) is 3.31. The minimum atomic E-state index is -0.176. The summed E-state index contributed by atoms with van der Waals surface area (Å²) < 4.78 is 0. The molecule has 0 N–H and O–H groups in total. The molecule has 0 aliphatic carbocycles. The molecule has 0 aromatic heterocycles. The molecule has 0 saturated carbocycles. The lowest BCUT2D eigenvalue weighted by molar-refractivity contribution is 0.709. The Morgan fingerprint density at radius 1 is 0.895 bits per heavy atom. The molecule has 98 valence electrons. The van der Waals surface area contributed by atoms with Gasteiger partial charge in [-0.3, -0.25) is 0 Å². The van der Waals surface area contributed by atoms with Gasteiger partial charge in [0.25, 0.3) is 0 Å². The van der Waals surface area contributed by atoms with E-state index in [1.807, 2.05) is 24.3 Å². The van der Waals surface area contributed by atoms with Crippen LogP contribution in [-0.4, -0.2) is 0 Å². The molecule has 0 aliphatic heterocycles. The highest BCUT2D eigenvalue weighted by Crippen LogP contribution is 2.45. The molecular formula is C15H13Cl2PS. The lowest BCUT2D eigenvalue weighted by Gasteiger charge is -2.29. The Hall–Kier alpha value is -0.460. The zero-order chi connectivity index (χ0) is 13.9. The zero-order valence-corrected chi connectivity index (χ0v) is 13.7. The standard InChI is InChI=1S/C15H13Cl2PS/c1-2-15(18-19,11-3-7-13(16)8-4-11)12-5-9-14(17)10-6-12/h3-10H,2H2,1H3. The van der Waals surface area contributed by atoms with Crippen LogP contribution in [0.1, 0.15) is 24.5 Å². The largest absolute Gasteiger partial charge is 0.0843 e. The molecule has 2 aromatic carbocycles. The highest BCUT2D eigenvalue weighted by molar-refractivity contribution is 7.97. The molecule has 0 atom stereocenters. The van der Waals surface area contributed by atoms with Gasteiger partial charge in [0.2, 0.25) is 0 Å². The summed E-state index contributed by atoms with van der Waals surface area (Å²) in [6.45, 7) is 2.16. The quantitative estimate of drug-likeness (QED) is 0.616. The van der Waals surface area contributed by atoms with E-state index in [1.54, 1.807) is 0 Å². The van der Waals surface area contributed by atoms with Crippen LogP contribution >= 0.6 is 30.6 Å². The van der Waals surface area contributed by atoms with Crippen molar-refractivity contribution in [2.45, 2.75) is 18.5 Å². The summed E-state index contributed by atoms with van der Waals surface area (Å²) in [5, 5.41) is 1.31. The normalized spacial score (nSPS) is 11.7. The summed E-state index contributed by atoms with van der Waals surface area (Å²) in [4.78, 5) is 0. The number of benzene rings is 2. The smallest absolute Gasteiger partial charge is 0.0720 e. The van der Waals surface area contributed by atoms with Gasteiger partial charge < -0.3 is 0 Å². The van der Waals surface area contributed by atoms with Gasteiger partial charge in [0.15, 0.2) is 0 Å². The minimum Gasteiger partial charge on any atom is -0.0843 e. The molecule has 0 amide bonds. The van der Waals surface area contributed by atoms with Crippen LogP contribution in [0.15, 0.2) is 48.5 Å². The highest BCUT2D eigenvalue weighted by Gasteiger charge is 2.30. The number of hydrogen-bond donors (Lipinski definition) is 0. The van der Waals surface area contributed by atoms with Crippen molar-refractivity contribution < 1.29 is 0 Å². The first-order chi connectivity index (χ1) is 9.12. The summed E-state index contributed by atoms with van der Waals surface area (Å²) in [6, 6.07) is 15.9. The Morgan fingerprint density at radius 2 is 1.26 bits per heavy atom. The molecule has 0 saturated heterocycles. The van der Waals surface area contributed by atoms with E-state index in [0.29, 0.717) is 0 Å². The second-order valence-corrected chi connectivity index (χ2v) is 6.69. The van der Waals surface area contributed by atoms with Gasteiger partial charge in [-0.15, -0.1) is 0 Å². The molecule has 0 fully saturated rings. The highest BCUT2D eigenvalue weighted by atomic mass is 35.5. The van der Waals surface area contributed by atoms with Crippen molar-refractivity contribution in [3.05, 3.63) is 69.7 Å². The predicted molar refractivity (Wildman–Crippen MR) is 88.3 cm³/mol. The van der Waals surface area contributed by atoms with Crippen molar-refractivity contribution in [2.24, 2.45) is 0 Å². The second-order valence-electron chi connectivity index (χ2n) is 4.32. The lowest BCUT2D eigenvalue weighted by Crippen LogP contribution is -2.19. The average molecular weight is 327 g/mol. The molecule has 0 nitrogen and oxygen atoms in total. The molecule has 4 heteroatoms. The molecular weight excluding hydrogens is 314 g/mol. The first-order valence-electron chi connectivity index (χ1n) is 5.99. The van der Waals surface area contributed by atoms with Gasteiger partial charge in [-0.1, -0.05) is 66.2 Å². The van der Waals surface area contributed by atoms with E-state index in [9.17, 15) is 0 Å². The fourth-order valence-electron chi connectivity index (χ4n) is 2.20. The van der Waals surface area contributed by atoms with Gasteiger partial charge in [0.05, 0.1) is 5.16 Å². The predicted octanol–water partition coefficient (Wildman–Crippen LogP) is 6.06. The second kappa shape index (κ2) is 6.33. The monoisotopic (exact) mass is 326 g/mol. The van der Waals surface area contributed by atoms with E-state index >= 15 is 0 Å². The Labute approximate surface area is 130 Å². The molecule has 0 spiro atoms. The van der Waals surface area contributed by atoms with Crippen LogP contribution in [0.4, 0.5) is 0 Å². The molecule has 0 radical (unpaired) electrons. The Bertz CT molecular complexity index is 518. The van der Waals surface area contributed by atoms with E-state index < -0.39 is 0 Å². The zero-order valence-electron chi connectivity index (χ0n) is 10.4. The Kier molecular flexibility index (Phi) is 4.97. The van der Waals surface area contributed by atoms with E-state index in [-0.39, 0.29) is 5.16 Å². The van der Waals surface area contributed by atoms with Crippen molar-refractivity contribution in [3.8, 4) is 0 Å². The van der Waals surface area contributed by atoms with Gasteiger partial charge in [0.1, 0.15) is 0 Å². The van der Waals surface area contributed by atoms with Crippen LogP contribution in [-0.2, 0) is 17.0 Å². The first-order valence-corrected chi connectivity index (χ1v) is 8.65. The molecule has 0 bridgehead atoms. The van der Waals surface area contributed by atoms with Gasteiger partial charge in [-0.25, -0.2) is 0 Å². The Morgan fingerprint density at radius 3 is 1.53 bits per heavy atom. The van der Waals surface area contributed by atoms with Gasteiger partial charge >= 0.3 is 0 Å². The van der Waals surface area contributed by atoms with Crippen LogP contribution in [0.2, 0.25) is 10.0 Å². The van der Waals surface area contributed by atoms with E-state index in [2.05, 4.69) is 31.2 Å². The van der Waals surface area contributed by atoms with Crippen molar-refractivity contribution in [1.29, 1.82) is 0 Å². The van der Waals surface area contributed by atoms with Crippen molar-refractivity contribution in [2.75, 3.05) is 0 Å². The van der Waals surface area contributed by atoms with Crippen LogP contribution in [0, 0.1) is 0 Å². The summed E-state index contributed by atoms with van der Waals surface area (Å²) in [6.07, 6.45) is 0.932. The number of rotatable bonds is 4. The summed E-state index contributed by atoms with van der Waals surface area (Å²) in [7, 11) is 0.899. The van der Waals surface area contributed by atoms with Crippen LogP contribution in [0.25, 0.3) is 0 Å². The van der Waals surface area contributed by atoms with E-state index in [0.717, 1.165) is 23.8 Å². The van der Waals surface area contributed by atoms with E-state index in [1.165, 1.54) is 11.1 Å². The third kappa shape index (κ3) is 3.01. The SMILES string of the molecule is CCC(P=S)(c1ccc(Cl)cc1)c1ccc(Cl)cc1. The Balaban J connectivity index is 2.56. The first kappa shape index (κ1) is 14.9. The minimum absolute atomic E-state index is 0.176.